The topological polar surface area (TPSA) is 61.9 Å². The molecule has 0 spiro atoms. The van der Waals surface area contributed by atoms with Crippen LogP contribution in [0.3, 0.4) is 0 Å². The van der Waals surface area contributed by atoms with E-state index in [1.165, 1.54) is 11.0 Å². The number of rotatable bonds is 7. The lowest BCUT2D eigenvalue weighted by atomic mass is 10.1. The Labute approximate surface area is 156 Å². The molecule has 0 saturated carbocycles. The zero-order valence-electron chi connectivity index (χ0n) is 16.7. The van der Waals surface area contributed by atoms with Crippen molar-refractivity contribution in [3.8, 4) is 0 Å². The third kappa shape index (κ3) is 8.16. The van der Waals surface area contributed by atoms with E-state index in [0.717, 1.165) is 5.56 Å². The maximum absolute atomic E-state index is 12.4. The molecule has 1 rings (SSSR count). The van der Waals surface area contributed by atoms with Crippen molar-refractivity contribution in [3.05, 3.63) is 48.0 Å². The van der Waals surface area contributed by atoms with E-state index in [0.29, 0.717) is 13.1 Å². The first kappa shape index (κ1) is 21.7. The molecule has 0 aromatic heterocycles. The molecule has 1 aromatic carbocycles. The van der Waals surface area contributed by atoms with Crippen LogP contribution in [0.1, 0.15) is 32.4 Å². The molecule has 6 nitrogen and oxygen atoms in total. The SMILES string of the molecule is CN(C)C/C=C/C(=O)NCC(c1ccccc1)N(C)C(=O)OC(C)(C)C. The third-order valence-corrected chi connectivity index (χ3v) is 3.54. The molecule has 0 aliphatic rings. The Morgan fingerprint density at radius 1 is 1.15 bits per heavy atom. The summed E-state index contributed by atoms with van der Waals surface area (Å²) in [5, 5.41) is 2.86. The molecule has 0 aliphatic heterocycles. The van der Waals surface area contributed by atoms with Crippen molar-refractivity contribution >= 4 is 12.0 Å². The van der Waals surface area contributed by atoms with Gasteiger partial charge in [0.05, 0.1) is 6.04 Å². The van der Waals surface area contributed by atoms with Crippen LogP contribution >= 0.6 is 0 Å². The second kappa shape index (κ2) is 9.97. The molecule has 2 amide bonds. The molecule has 0 bridgehead atoms. The number of benzene rings is 1. The first-order valence-corrected chi connectivity index (χ1v) is 8.70. The van der Waals surface area contributed by atoms with E-state index in [9.17, 15) is 9.59 Å². The fourth-order valence-electron chi connectivity index (χ4n) is 2.24. The highest BCUT2D eigenvalue weighted by atomic mass is 16.6. The van der Waals surface area contributed by atoms with Crippen molar-refractivity contribution in [1.29, 1.82) is 0 Å². The highest BCUT2D eigenvalue weighted by molar-refractivity contribution is 5.87. The monoisotopic (exact) mass is 361 g/mol. The van der Waals surface area contributed by atoms with Gasteiger partial charge in [-0.2, -0.15) is 0 Å². The van der Waals surface area contributed by atoms with Crippen LogP contribution in [0.25, 0.3) is 0 Å². The zero-order chi connectivity index (χ0) is 19.7. The number of carbonyl (C=O) groups is 2. The fourth-order valence-corrected chi connectivity index (χ4v) is 2.24. The Hall–Kier alpha value is -2.34. The van der Waals surface area contributed by atoms with E-state index in [2.05, 4.69) is 5.32 Å². The van der Waals surface area contributed by atoms with Gasteiger partial charge >= 0.3 is 6.09 Å². The molecule has 0 fully saturated rings. The molecule has 144 valence electrons. The van der Waals surface area contributed by atoms with E-state index in [-0.39, 0.29) is 11.9 Å². The summed E-state index contributed by atoms with van der Waals surface area (Å²) < 4.78 is 5.45. The maximum Gasteiger partial charge on any atom is 0.410 e. The summed E-state index contributed by atoms with van der Waals surface area (Å²) in [5.41, 5.74) is 0.350. The molecule has 0 heterocycles. The Morgan fingerprint density at radius 2 is 1.77 bits per heavy atom. The number of likely N-dealkylation sites (N-methyl/N-ethyl adjacent to an activating group) is 2. The maximum atomic E-state index is 12.4. The third-order valence-electron chi connectivity index (χ3n) is 3.54. The van der Waals surface area contributed by atoms with Gasteiger partial charge in [-0.3, -0.25) is 4.79 Å². The normalized spacial score (nSPS) is 12.9. The van der Waals surface area contributed by atoms with Gasteiger partial charge in [-0.15, -0.1) is 0 Å². The molecule has 0 saturated heterocycles. The summed E-state index contributed by atoms with van der Waals surface area (Å²) >= 11 is 0. The van der Waals surface area contributed by atoms with E-state index in [1.807, 2.05) is 70.1 Å². The first-order chi connectivity index (χ1) is 12.1. The van der Waals surface area contributed by atoms with Gasteiger partial charge in [0, 0.05) is 26.2 Å². The Morgan fingerprint density at radius 3 is 2.31 bits per heavy atom. The molecule has 6 heteroatoms. The van der Waals surface area contributed by atoms with Crippen molar-refractivity contribution < 1.29 is 14.3 Å². The van der Waals surface area contributed by atoms with Gasteiger partial charge in [0.25, 0.3) is 0 Å². The minimum Gasteiger partial charge on any atom is -0.444 e. The molecule has 1 aromatic rings. The number of ether oxygens (including phenoxy) is 1. The molecule has 1 atom stereocenters. The smallest absolute Gasteiger partial charge is 0.410 e. The van der Waals surface area contributed by atoms with Crippen LogP contribution in [-0.4, -0.2) is 61.6 Å². The van der Waals surface area contributed by atoms with Crippen LogP contribution < -0.4 is 5.32 Å². The molecule has 1 unspecified atom stereocenters. The Balaban J connectivity index is 2.82. The van der Waals surface area contributed by atoms with E-state index < -0.39 is 11.7 Å². The zero-order valence-corrected chi connectivity index (χ0v) is 16.7. The van der Waals surface area contributed by atoms with Crippen molar-refractivity contribution in [2.45, 2.75) is 32.4 Å². The molecule has 0 radical (unpaired) electrons. The molecular formula is C20H31N3O3. The quantitative estimate of drug-likeness (QED) is 0.759. The van der Waals surface area contributed by atoms with E-state index >= 15 is 0 Å². The van der Waals surface area contributed by atoms with E-state index in [4.69, 9.17) is 4.74 Å². The van der Waals surface area contributed by atoms with Gasteiger partial charge in [-0.05, 0) is 40.4 Å². The predicted molar refractivity (Wildman–Crippen MR) is 104 cm³/mol. The van der Waals surface area contributed by atoms with Crippen molar-refractivity contribution in [2.75, 3.05) is 34.2 Å². The van der Waals surface area contributed by atoms with Crippen molar-refractivity contribution in [3.63, 3.8) is 0 Å². The van der Waals surface area contributed by atoms with Gasteiger partial charge in [0.15, 0.2) is 0 Å². The van der Waals surface area contributed by atoms with Crippen LogP contribution in [0, 0.1) is 0 Å². The van der Waals surface area contributed by atoms with Crippen LogP contribution in [-0.2, 0) is 9.53 Å². The van der Waals surface area contributed by atoms with Gasteiger partial charge in [0.1, 0.15) is 5.60 Å². The number of hydrogen-bond acceptors (Lipinski definition) is 4. The molecular weight excluding hydrogens is 330 g/mol. The second-order valence-corrected chi connectivity index (χ2v) is 7.43. The van der Waals surface area contributed by atoms with Crippen molar-refractivity contribution in [2.24, 2.45) is 0 Å². The van der Waals surface area contributed by atoms with E-state index in [1.54, 1.807) is 13.1 Å². The van der Waals surface area contributed by atoms with Crippen LogP contribution in [0.15, 0.2) is 42.5 Å². The Bertz CT molecular complexity index is 606. The summed E-state index contributed by atoms with van der Waals surface area (Å²) in [6, 6.07) is 9.27. The van der Waals surface area contributed by atoms with Crippen LogP contribution in [0.5, 0.6) is 0 Å². The lowest BCUT2D eigenvalue weighted by molar-refractivity contribution is -0.116. The van der Waals surface area contributed by atoms with Crippen LogP contribution in [0.2, 0.25) is 0 Å². The minimum absolute atomic E-state index is 0.189. The summed E-state index contributed by atoms with van der Waals surface area (Å²) in [7, 11) is 5.55. The molecule has 0 aliphatic carbocycles. The lowest BCUT2D eigenvalue weighted by Crippen LogP contribution is -2.41. The largest absolute Gasteiger partial charge is 0.444 e. The summed E-state index contributed by atoms with van der Waals surface area (Å²) in [4.78, 5) is 28.0. The number of nitrogens with one attached hydrogen (secondary N) is 1. The van der Waals surface area contributed by atoms with Gasteiger partial charge in [0.2, 0.25) is 5.91 Å². The molecule has 26 heavy (non-hydrogen) atoms. The standard InChI is InChI=1S/C20H31N3O3/c1-20(2,3)26-19(25)23(6)17(16-11-8-7-9-12-16)15-21-18(24)13-10-14-22(4)5/h7-13,17H,14-15H2,1-6H3,(H,21,24)/b13-10+. The summed E-state index contributed by atoms with van der Waals surface area (Å²) in [5.74, 6) is -0.189. The van der Waals surface area contributed by atoms with Crippen LogP contribution in [0.4, 0.5) is 4.79 Å². The van der Waals surface area contributed by atoms with Crippen molar-refractivity contribution in [1.82, 2.24) is 15.1 Å². The predicted octanol–water partition coefficient (Wildman–Crippen LogP) is 2.83. The Kier molecular flexibility index (Phi) is 8.32. The number of hydrogen-bond donors (Lipinski definition) is 1. The minimum atomic E-state index is -0.579. The number of carbonyl (C=O) groups excluding carboxylic acids is 2. The average Bonchev–Trinajstić information content (AvgIpc) is 2.54. The second-order valence-electron chi connectivity index (χ2n) is 7.43. The van der Waals surface area contributed by atoms with Gasteiger partial charge in [-0.1, -0.05) is 36.4 Å². The number of nitrogens with zero attached hydrogens (tertiary/aromatic N) is 2. The average molecular weight is 361 g/mol. The summed E-state index contributed by atoms with van der Waals surface area (Å²) in [6.07, 6.45) is 2.88. The fraction of sp³-hybridized carbons (Fsp3) is 0.500. The number of amides is 2. The van der Waals surface area contributed by atoms with Gasteiger partial charge in [-0.25, -0.2) is 4.79 Å². The summed E-state index contributed by atoms with van der Waals surface area (Å²) in [6.45, 7) is 6.47. The lowest BCUT2D eigenvalue weighted by Gasteiger charge is -2.31. The molecule has 1 N–H and O–H groups in total. The highest BCUT2D eigenvalue weighted by Gasteiger charge is 2.26. The first-order valence-electron chi connectivity index (χ1n) is 8.70. The van der Waals surface area contributed by atoms with Gasteiger partial charge < -0.3 is 19.9 Å². The highest BCUT2D eigenvalue weighted by Crippen LogP contribution is 2.21.